The predicted molar refractivity (Wildman–Crippen MR) is 85.5 cm³/mol. The van der Waals surface area contributed by atoms with Crippen molar-refractivity contribution in [1.82, 2.24) is 5.32 Å². The first-order chi connectivity index (χ1) is 9.65. The standard InChI is InChI=1S/C16H17BrN2O/c1-12(19-15-9-7-14(17)8-10-15)16(20)18-11-13-5-3-2-4-6-13/h2-10,12,19H,11H2,1H3,(H,18,20)/t12-/m0/s1. The molecule has 20 heavy (non-hydrogen) atoms. The van der Waals surface area contributed by atoms with E-state index in [9.17, 15) is 4.79 Å². The number of carbonyl (C=O) groups is 1. The number of anilines is 1. The maximum atomic E-state index is 12.0. The van der Waals surface area contributed by atoms with Crippen molar-refractivity contribution in [3.63, 3.8) is 0 Å². The third-order valence-electron chi connectivity index (χ3n) is 2.93. The second-order valence-corrected chi connectivity index (χ2v) is 5.49. The van der Waals surface area contributed by atoms with Crippen LogP contribution in [0.15, 0.2) is 59.1 Å². The molecule has 0 saturated heterocycles. The van der Waals surface area contributed by atoms with Gasteiger partial charge >= 0.3 is 0 Å². The molecule has 2 aromatic carbocycles. The zero-order valence-corrected chi connectivity index (χ0v) is 12.9. The van der Waals surface area contributed by atoms with Crippen molar-refractivity contribution in [3.8, 4) is 0 Å². The number of hydrogen-bond acceptors (Lipinski definition) is 2. The molecule has 0 aliphatic carbocycles. The van der Waals surface area contributed by atoms with E-state index in [4.69, 9.17) is 0 Å². The van der Waals surface area contributed by atoms with Crippen LogP contribution in [0.4, 0.5) is 5.69 Å². The molecule has 0 saturated carbocycles. The molecule has 2 N–H and O–H groups in total. The molecule has 104 valence electrons. The van der Waals surface area contributed by atoms with Crippen molar-refractivity contribution >= 4 is 27.5 Å². The van der Waals surface area contributed by atoms with Crippen molar-refractivity contribution in [1.29, 1.82) is 0 Å². The Labute approximate surface area is 127 Å². The number of nitrogens with one attached hydrogen (secondary N) is 2. The van der Waals surface area contributed by atoms with E-state index in [1.807, 2.05) is 61.5 Å². The number of halogens is 1. The van der Waals surface area contributed by atoms with Crippen molar-refractivity contribution in [2.75, 3.05) is 5.32 Å². The van der Waals surface area contributed by atoms with Crippen LogP contribution in [0.25, 0.3) is 0 Å². The number of hydrogen-bond donors (Lipinski definition) is 2. The molecule has 4 heteroatoms. The Kier molecular flexibility index (Phi) is 5.18. The summed E-state index contributed by atoms with van der Waals surface area (Å²) >= 11 is 3.38. The molecule has 0 fully saturated rings. The highest BCUT2D eigenvalue weighted by Gasteiger charge is 2.11. The van der Waals surface area contributed by atoms with E-state index in [2.05, 4.69) is 26.6 Å². The molecule has 1 amide bonds. The van der Waals surface area contributed by atoms with Crippen LogP contribution in [-0.4, -0.2) is 11.9 Å². The maximum absolute atomic E-state index is 12.0. The molecule has 1 atom stereocenters. The molecule has 0 heterocycles. The van der Waals surface area contributed by atoms with Crippen LogP contribution in [-0.2, 0) is 11.3 Å². The zero-order chi connectivity index (χ0) is 14.4. The van der Waals surface area contributed by atoms with Gasteiger partial charge in [0.1, 0.15) is 6.04 Å². The molecule has 0 aliphatic rings. The molecule has 0 unspecified atom stereocenters. The smallest absolute Gasteiger partial charge is 0.242 e. The monoisotopic (exact) mass is 332 g/mol. The van der Waals surface area contributed by atoms with Gasteiger partial charge < -0.3 is 10.6 Å². The van der Waals surface area contributed by atoms with Crippen LogP contribution in [0.3, 0.4) is 0 Å². The number of amides is 1. The first-order valence-corrected chi connectivity index (χ1v) is 7.28. The summed E-state index contributed by atoms with van der Waals surface area (Å²) < 4.78 is 1.02. The average molecular weight is 333 g/mol. The SMILES string of the molecule is C[C@H](Nc1ccc(Br)cc1)C(=O)NCc1ccccc1. The van der Waals surface area contributed by atoms with Gasteiger partial charge in [0.2, 0.25) is 5.91 Å². The minimum absolute atomic E-state index is 0.0169. The highest BCUT2D eigenvalue weighted by Crippen LogP contribution is 2.14. The van der Waals surface area contributed by atoms with Crippen molar-refractivity contribution < 1.29 is 4.79 Å². The molecule has 3 nitrogen and oxygen atoms in total. The fraction of sp³-hybridized carbons (Fsp3) is 0.188. The van der Waals surface area contributed by atoms with Crippen LogP contribution >= 0.6 is 15.9 Å². The summed E-state index contributed by atoms with van der Waals surface area (Å²) in [6.07, 6.45) is 0. The van der Waals surface area contributed by atoms with Gasteiger partial charge in [-0.1, -0.05) is 46.3 Å². The van der Waals surface area contributed by atoms with Gasteiger partial charge in [0.15, 0.2) is 0 Å². The Morgan fingerprint density at radius 3 is 2.40 bits per heavy atom. The van der Waals surface area contributed by atoms with Crippen molar-refractivity contribution in [2.24, 2.45) is 0 Å². The van der Waals surface area contributed by atoms with Crippen molar-refractivity contribution in [2.45, 2.75) is 19.5 Å². The van der Waals surface area contributed by atoms with Gasteiger partial charge in [-0.2, -0.15) is 0 Å². The van der Waals surface area contributed by atoms with Crippen LogP contribution in [0, 0.1) is 0 Å². The quantitative estimate of drug-likeness (QED) is 0.878. The van der Waals surface area contributed by atoms with E-state index in [0.717, 1.165) is 15.7 Å². The van der Waals surface area contributed by atoms with Crippen molar-refractivity contribution in [3.05, 3.63) is 64.6 Å². The molecule has 0 aromatic heterocycles. The first-order valence-electron chi connectivity index (χ1n) is 6.49. The summed E-state index contributed by atoms with van der Waals surface area (Å²) in [5, 5.41) is 6.09. The molecule has 0 spiro atoms. The molecule has 2 aromatic rings. The first kappa shape index (κ1) is 14.6. The Balaban J connectivity index is 1.84. The third-order valence-corrected chi connectivity index (χ3v) is 3.46. The average Bonchev–Trinajstić information content (AvgIpc) is 2.48. The van der Waals surface area contributed by atoms with Crippen LogP contribution in [0.2, 0.25) is 0 Å². The number of rotatable bonds is 5. The molecule has 0 bridgehead atoms. The second-order valence-electron chi connectivity index (χ2n) is 4.58. The lowest BCUT2D eigenvalue weighted by Crippen LogP contribution is -2.37. The van der Waals surface area contributed by atoms with E-state index in [1.165, 1.54) is 0 Å². The minimum Gasteiger partial charge on any atom is -0.374 e. The van der Waals surface area contributed by atoms with Gasteiger partial charge in [0.25, 0.3) is 0 Å². The van der Waals surface area contributed by atoms with Crippen LogP contribution in [0.5, 0.6) is 0 Å². The lowest BCUT2D eigenvalue weighted by atomic mass is 10.2. The van der Waals surface area contributed by atoms with E-state index >= 15 is 0 Å². The summed E-state index contributed by atoms with van der Waals surface area (Å²) in [6.45, 7) is 2.40. The highest BCUT2D eigenvalue weighted by molar-refractivity contribution is 9.10. The van der Waals surface area contributed by atoms with E-state index < -0.39 is 0 Å². The van der Waals surface area contributed by atoms with Gasteiger partial charge in [0, 0.05) is 16.7 Å². The largest absolute Gasteiger partial charge is 0.374 e. The van der Waals surface area contributed by atoms with Gasteiger partial charge in [-0.25, -0.2) is 0 Å². The van der Waals surface area contributed by atoms with Gasteiger partial charge in [-0.3, -0.25) is 4.79 Å². The summed E-state index contributed by atoms with van der Waals surface area (Å²) in [5.41, 5.74) is 2.02. The third kappa shape index (κ3) is 4.38. The van der Waals surface area contributed by atoms with Gasteiger partial charge in [-0.05, 0) is 36.8 Å². The van der Waals surface area contributed by atoms with E-state index in [0.29, 0.717) is 6.54 Å². The molecule has 2 rings (SSSR count). The summed E-state index contributed by atoms with van der Waals surface area (Å²) in [7, 11) is 0. The Morgan fingerprint density at radius 1 is 1.10 bits per heavy atom. The Bertz CT molecular complexity index is 554. The van der Waals surface area contributed by atoms with E-state index in [-0.39, 0.29) is 11.9 Å². The number of benzene rings is 2. The second kappa shape index (κ2) is 7.10. The summed E-state index contributed by atoms with van der Waals surface area (Å²) in [4.78, 5) is 12.0. The Morgan fingerprint density at radius 2 is 1.75 bits per heavy atom. The zero-order valence-electron chi connectivity index (χ0n) is 11.3. The molecule has 0 aliphatic heterocycles. The number of carbonyl (C=O) groups excluding carboxylic acids is 1. The fourth-order valence-electron chi connectivity index (χ4n) is 1.80. The molecular weight excluding hydrogens is 316 g/mol. The Hall–Kier alpha value is -1.81. The van der Waals surface area contributed by atoms with Crippen LogP contribution < -0.4 is 10.6 Å². The predicted octanol–water partition coefficient (Wildman–Crippen LogP) is 3.57. The summed E-state index contributed by atoms with van der Waals surface area (Å²) in [5.74, 6) is -0.0169. The summed E-state index contributed by atoms with van der Waals surface area (Å²) in [6, 6.07) is 17.4. The highest BCUT2D eigenvalue weighted by atomic mass is 79.9. The topological polar surface area (TPSA) is 41.1 Å². The fourth-order valence-corrected chi connectivity index (χ4v) is 2.06. The minimum atomic E-state index is -0.278. The normalized spacial score (nSPS) is 11.7. The van der Waals surface area contributed by atoms with Gasteiger partial charge in [-0.15, -0.1) is 0 Å². The lowest BCUT2D eigenvalue weighted by Gasteiger charge is -2.15. The van der Waals surface area contributed by atoms with E-state index in [1.54, 1.807) is 0 Å². The lowest BCUT2D eigenvalue weighted by molar-refractivity contribution is -0.121. The molecule has 0 radical (unpaired) electrons. The van der Waals surface area contributed by atoms with Gasteiger partial charge in [0.05, 0.1) is 0 Å². The maximum Gasteiger partial charge on any atom is 0.242 e. The molecular formula is C16H17BrN2O. The van der Waals surface area contributed by atoms with Crippen LogP contribution in [0.1, 0.15) is 12.5 Å².